The molecule has 0 unspecified atom stereocenters. The van der Waals surface area contributed by atoms with Gasteiger partial charge in [-0.3, -0.25) is 14.7 Å². The first-order valence-electron chi connectivity index (χ1n) is 9.55. The molecule has 2 aromatic heterocycles. The van der Waals surface area contributed by atoms with Gasteiger partial charge in [-0.05, 0) is 66.9 Å². The molecular weight excluding hydrogens is 374 g/mol. The lowest BCUT2D eigenvalue weighted by molar-refractivity contribution is -0.122. The first-order chi connectivity index (χ1) is 13.7. The van der Waals surface area contributed by atoms with Gasteiger partial charge >= 0.3 is 0 Å². The predicted octanol–water partition coefficient (Wildman–Crippen LogP) is 3.91. The van der Waals surface area contributed by atoms with Crippen molar-refractivity contribution in [2.45, 2.75) is 19.3 Å². The Morgan fingerprint density at radius 1 is 1.32 bits per heavy atom. The van der Waals surface area contributed by atoms with Gasteiger partial charge in [-0.1, -0.05) is 12.1 Å². The summed E-state index contributed by atoms with van der Waals surface area (Å²) in [4.78, 5) is 25.0. The van der Waals surface area contributed by atoms with Crippen molar-refractivity contribution in [3.63, 3.8) is 0 Å². The van der Waals surface area contributed by atoms with E-state index in [0.29, 0.717) is 18.0 Å². The minimum Gasteiger partial charge on any atom is -0.483 e. The largest absolute Gasteiger partial charge is 0.483 e. The zero-order valence-electron chi connectivity index (χ0n) is 15.5. The number of rotatable bonds is 4. The smallest absolute Gasteiger partial charge is 0.290 e. The number of aromatic amines is 1. The van der Waals surface area contributed by atoms with E-state index in [4.69, 9.17) is 9.90 Å². The molecule has 2 N–H and O–H groups in total. The molecule has 1 aromatic carbocycles. The van der Waals surface area contributed by atoms with E-state index < -0.39 is 0 Å². The Kier molecular flexibility index (Phi) is 5.54. The van der Waals surface area contributed by atoms with E-state index in [1.807, 2.05) is 6.07 Å². The van der Waals surface area contributed by atoms with Crippen molar-refractivity contribution in [3.8, 4) is 10.4 Å². The number of fused-ring (bicyclic) bond motifs is 4. The van der Waals surface area contributed by atoms with Crippen LogP contribution in [-0.2, 0) is 4.79 Å². The number of nitrogens with zero attached hydrogens (tertiary/aromatic N) is 2. The van der Waals surface area contributed by atoms with Gasteiger partial charge in [-0.15, -0.1) is 11.3 Å². The van der Waals surface area contributed by atoms with E-state index in [0.717, 1.165) is 23.4 Å². The molecule has 146 valence electrons. The number of nitrogens with one attached hydrogen (secondary N) is 1. The Morgan fingerprint density at radius 2 is 2.11 bits per heavy atom. The van der Waals surface area contributed by atoms with Gasteiger partial charge in [-0.2, -0.15) is 5.10 Å². The van der Waals surface area contributed by atoms with Crippen LogP contribution in [-0.4, -0.2) is 52.1 Å². The van der Waals surface area contributed by atoms with Crippen LogP contribution in [0.5, 0.6) is 0 Å². The number of carbonyl (C=O) groups is 2. The van der Waals surface area contributed by atoms with Gasteiger partial charge in [0.05, 0.1) is 5.52 Å². The summed E-state index contributed by atoms with van der Waals surface area (Å²) in [6, 6.07) is 10.4. The van der Waals surface area contributed by atoms with Gasteiger partial charge in [0, 0.05) is 23.2 Å². The Bertz CT molecular complexity index is 959. The Labute approximate surface area is 167 Å². The molecule has 0 spiro atoms. The molecule has 3 saturated heterocycles. The first-order valence-corrected chi connectivity index (χ1v) is 10.4. The normalized spacial score (nSPS) is 23.2. The third kappa shape index (κ3) is 3.72. The summed E-state index contributed by atoms with van der Waals surface area (Å²) in [5.74, 6) is 1.42. The molecule has 0 radical (unpaired) electrons. The molecule has 28 heavy (non-hydrogen) atoms. The molecule has 0 amide bonds. The highest BCUT2D eigenvalue weighted by molar-refractivity contribution is 7.13. The molecular formula is C21H23N3O3S. The fraction of sp³-hybridized carbons (Fsp3) is 0.381. The fourth-order valence-corrected chi connectivity index (χ4v) is 5.21. The summed E-state index contributed by atoms with van der Waals surface area (Å²) in [7, 11) is 0. The molecule has 6 rings (SSSR count). The fourth-order valence-electron chi connectivity index (χ4n) is 4.48. The van der Waals surface area contributed by atoms with Crippen LogP contribution in [0, 0.1) is 11.8 Å². The quantitative estimate of drug-likeness (QED) is 0.515. The lowest BCUT2D eigenvalue weighted by Crippen LogP contribution is -2.47. The Morgan fingerprint density at radius 3 is 2.75 bits per heavy atom. The van der Waals surface area contributed by atoms with Crippen molar-refractivity contribution >= 4 is 34.5 Å². The van der Waals surface area contributed by atoms with Crippen LogP contribution < -0.4 is 0 Å². The number of carboxylic acid groups (broad SMARTS) is 1. The summed E-state index contributed by atoms with van der Waals surface area (Å²) in [5, 5.41) is 17.3. The van der Waals surface area contributed by atoms with E-state index in [2.05, 4.69) is 44.7 Å². The van der Waals surface area contributed by atoms with Gasteiger partial charge < -0.3 is 10.0 Å². The molecule has 1 atom stereocenters. The summed E-state index contributed by atoms with van der Waals surface area (Å²) >= 11 is 1.72. The number of aromatic nitrogens is 2. The topological polar surface area (TPSA) is 86.3 Å². The molecule has 3 fully saturated rings. The highest BCUT2D eigenvalue weighted by atomic mass is 32.1. The van der Waals surface area contributed by atoms with Crippen molar-refractivity contribution in [2.24, 2.45) is 11.8 Å². The average molecular weight is 398 g/mol. The number of Topliss-reactive ketones (excluding diaryl/α,β-unsaturated/α-hetero) is 1. The van der Waals surface area contributed by atoms with Gasteiger partial charge in [0.2, 0.25) is 0 Å². The van der Waals surface area contributed by atoms with Crippen molar-refractivity contribution in [1.82, 2.24) is 15.1 Å². The molecule has 2 bridgehead atoms. The number of H-pyrrole nitrogens is 1. The molecule has 7 heteroatoms. The summed E-state index contributed by atoms with van der Waals surface area (Å²) in [6.07, 6.45) is 3.14. The number of thiophene rings is 1. The second kappa shape index (κ2) is 8.24. The summed E-state index contributed by atoms with van der Waals surface area (Å²) < 4.78 is 0. The summed E-state index contributed by atoms with van der Waals surface area (Å²) in [5.41, 5.74) is 2.73. The van der Waals surface area contributed by atoms with Crippen LogP contribution in [0.3, 0.4) is 0 Å². The lowest BCUT2D eigenvalue weighted by atomic mass is 9.76. The monoisotopic (exact) mass is 397 g/mol. The molecule has 3 aromatic rings. The van der Waals surface area contributed by atoms with Gasteiger partial charge in [-0.25, -0.2) is 0 Å². The number of hydrogen-bond acceptors (Lipinski definition) is 5. The maximum absolute atomic E-state index is 12.9. The van der Waals surface area contributed by atoms with Gasteiger partial charge in [0.15, 0.2) is 5.78 Å². The minimum atomic E-state index is -0.250. The van der Waals surface area contributed by atoms with E-state index in [-0.39, 0.29) is 12.3 Å². The molecule has 0 aliphatic carbocycles. The number of carbonyl (C=O) groups excluding carboxylic acids is 1. The first kappa shape index (κ1) is 18.8. The Hall–Kier alpha value is -2.51. The van der Waals surface area contributed by atoms with E-state index >= 15 is 0 Å². The van der Waals surface area contributed by atoms with E-state index in [1.165, 1.54) is 36.4 Å². The Balaban J connectivity index is 0.000000604. The molecule has 5 heterocycles. The third-order valence-electron chi connectivity index (χ3n) is 5.87. The van der Waals surface area contributed by atoms with Crippen LogP contribution in [0.1, 0.15) is 29.8 Å². The maximum Gasteiger partial charge on any atom is 0.290 e. The van der Waals surface area contributed by atoms with Gasteiger partial charge in [0.25, 0.3) is 6.47 Å². The third-order valence-corrected chi connectivity index (χ3v) is 6.79. The SMILES string of the molecule is O=C(C[C@@H]1CN2CCC1CC2)c1n[nH]c2cc(-c3cccs3)ccc12.O=CO. The number of piperidine rings is 3. The number of benzene rings is 1. The molecule has 0 saturated carbocycles. The van der Waals surface area contributed by atoms with Crippen molar-refractivity contribution in [1.29, 1.82) is 0 Å². The van der Waals surface area contributed by atoms with Crippen LogP contribution in [0.15, 0.2) is 35.7 Å². The van der Waals surface area contributed by atoms with Crippen LogP contribution in [0.25, 0.3) is 21.3 Å². The molecule has 3 aliphatic rings. The zero-order chi connectivity index (χ0) is 19.5. The predicted molar refractivity (Wildman–Crippen MR) is 110 cm³/mol. The van der Waals surface area contributed by atoms with Gasteiger partial charge in [0.1, 0.15) is 5.69 Å². The van der Waals surface area contributed by atoms with Crippen LogP contribution in [0.2, 0.25) is 0 Å². The van der Waals surface area contributed by atoms with Crippen molar-refractivity contribution in [3.05, 3.63) is 41.4 Å². The second-order valence-electron chi connectivity index (χ2n) is 7.44. The van der Waals surface area contributed by atoms with Crippen LogP contribution in [0.4, 0.5) is 0 Å². The lowest BCUT2D eigenvalue weighted by Gasteiger charge is -2.44. The van der Waals surface area contributed by atoms with E-state index in [9.17, 15) is 4.79 Å². The minimum absolute atomic E-state index is 0.189. The second-order valence-corrected chi connectivity index (χ2v) is 8.39. The summed E-state index contributed by atoms with van der Waals surface area (Å²) in [6.45, 7) is 3.26. The number of hydrogen-bond donors (Lipinski definition) is 2. The van der Waals surface area contributed by atoms with Crippen LogP contribution >= 0.6 is 11.3 Å². The zero-order valence-corrected chi connectivity index (χ0v) is 16.3. The van der Waals surface area contributed by atoms with Crippen molar-refractivity contribution in [2.75, 3.05) is 19.6 Å². The average Bonchev–Trinajstić information content (AvgIpc) is 3.39. The van der Waals surface area contributed by atoms with E-state index in [1.54, 1.807) is 11.3 Å². The van der Waals surface area contributed by atoms with Crippen molar-refractivity contribution < 1.29 is 14.7 Å². The highest BCUT2D eigenvalue weighted by Gasteiger charge is 2.35. The molecule has 3 aliphatic heterocycles. The number of ketones is 1. The standard InChI is InChI=1S/C20H21N3OS.CH2O2/c24-18(11-15-12-23-7-5-13(15)6-8-23)20-16-4-3-14(10-17(16)21-22-20)19-2-1-9-25-19;2-1-3/h1-4,9-10,13,15H,5-8,11-12H2,(H,21,22);1H,(H,2,3)/t15-;/m1./s1. The maximum atomic E-state index is 12.9. The molecule has 6 nitrogen and oxygen atoms in total. The highest BCUT2D eigenvalue weighted by Crippen LogP contribution is 2.35.